The molecule has 7 nitrogen and oxygen atoms in total. The Kier molecular flexibility index (Phi) is 5.53. The summed E-state index contributed by atoms with van der Waals surface area (Å²) in [6, 6.07) is 19.0. The van der Waals surface area contributed by atoms with Crippen LogP contribution in [0.2, 0.25) is 0 Å². The van der Waals surface area contributed by atoms with E-state index in [-0.39, 0.29) is 11.9 Å². The van der Waals surface area contributed by atoms with Crippen LogP contribution in [0, 0.1) is 0 Å². The molecular weight excluding hydrogens is 400 g/mol. The molecule has 0 aliphatic carbocycles. The highest BCUT2D eigenvalue weighted by molar-refractivity contribution is 5.94. The number of nitrogens with zero attached hydrogens (tertiary/aromatic N) is 5. The van der Waals surface area contributed by atoms with Crippen molar-refractivity contribution >= 4 is 17.4 Å². The molecule has 4 heterocycles. The minimum Gasteiger partial charge on any atom is -0.340 e. The summed E-state index contributed by atoms with van der Waals surface area (Å²) in [6.45, 7) is 0.669. The van der Waals surface area contributed by atoms with Crippen molar-refractivity contribution in [3.63, 3.8) is 0 Å². The first-order valence-corrected chi connectivity index (χ1v) is 10.6. The van der Waals surface area contributed by atoms with E-state index < -0.39 is 0 Å². The second-order valence-electron chi connectivity index (χ2n) is 7.62. The largest absolute Gasteiger partial charge is 0.340 e. The quantitative estimate of drug-likeness (QED) is 0.504. The molecule has 0 unspecified atom stereocenters. The molecule has 0 spiro atoms. The van der Waals surface area contributed by atoms with E-state index in [1.54, 1.807) is 36.9 Å². The molecule has 1 N–H and O–H groups in total. The normalized spacial score (nSPS) is 15.5. The van der Waals surface area contributed by atoms with E-state index in [0.717, 1.165) is 29.8 Å². The molecule has 0 radical (unpaired) electrons. The molecule has 1 atom stereocenters. The first kappa shape index (κ1) is 19.8. The summed E-state index contributed by atoms with van der Waals surface area (Å²) in [7, 11) is 0. The third-order valence-corrected chi connectivity index (χ3v) is 5.49. The number of carbonyl (C=O) groups is 1. The predicted molar refractivity (Wildman–Crippen MR) is 122 cm³/mol. The zero-order chi connectivity index (χ0) is 21.8. The number of rotatable bonds is 5. The van der Waals surface area contributed by atoms with Crippen LogP contribution in [0.25, 0.3) is 11.3 Å². The molecule has 5 rings (SSSR count). The van der Waals surface area contributed by atoms with E-state index in [2.05, 4.69) is 15.3 Å². The molecule has 1 amide bonds. The highest BCUT2D eigenvalue weighted by atomic mass is 16.2. The van der Waals surface area contributed by atoms with Gasteiger partial charge < -0.3 is 10.2 Å². The number of aromatic nitrogens is 4. The summed E-state index contributed by atoms with van der Waals surface area (Å²) in [5.41, 5.74) is 3.25. The van der Waals surface area contributed by atoms with Crippen molar-refractivity contribution in [1.82, 2.24) is 24.8 Å². The van der Waals surface area contributed by atoms with Crippen LogP contribution >= 0.6 is 0 Å². The average Bonchev–Trinajstić information content (AvgIpc) is 3.35. The van der Waals surface area contributed by atoms with Crippen LogP contribution in [0.5, 0.6) is 0 Å². The van der Waals surface area contributed by atoms with Crippen LogP contribution in [0.1, 0.15) is 35.1 Å². The monoisotopic (exact) mass is 422 g/mol. The summed E-state index contributed by atoms with van der Waals surface area (Å²) in [5, 5.41) is 3.37. The van der Waals surface area contributed by atoms with Crippen molar-refractivity contribution in [3.8, 4) is 11.3 Å². The number of hydrogen-bond acceptors (Lipinski definition) is 6. The Bertz CT molecular complexity index is 1200. The zero-order valence-electron chi connectivity index (χ0n) is 17.4. The van der Waals surface area contributed by atoms with Gasteiger partial charge in [-0.3, -0.25) is 14.8 Å². The molecule has 32 heavy (non-hydrogen) atoms. The first-order valence-electron chi connectivity index (χ1n) is 10.6. The molecular formula is C25H22N6O. The van der Waals surface area contributed by atoms with Crippen LogP contribution in [-0.2, 0) is 0 Å². The van der Waals surface area contributed by atoms with E-state index in [9.17, 15) is 4.79 Å². The van der Waals surface area contributed by atoms with Gasteiger partial charge in [0.05, 0.1) is 17.3 Å². The number of nitrogens with one attached hydrogen (secondary N) is 1. The molecule has 4 aromatic rings. The Hall–Kier alpha value is -4.13. The maximum absolute atomic E-state index is 13.2. The van der Waals surface area contributed by atoms with Gasteiger partial charge in [-0.1, -0.05) is 18.2 Å². The van der Waals surface area contributed by atoms with Gasteiger partial charge >= 0.3 is 0 Å². The summed E-state index contributed by atoms with van der Waals surface area (Å²) in [6.07, 6.45) is 8.48. The first-order chi connectivity index (χ1) is 15.8. The van der Waals surface area contributed by atoms with Crippen molar-refractivity contribution in [2.24, 2.45) is 0 Å². The van der Waals surface area contributed by atoms with E-state index in [0.29, 0.717) is 23.8 Å². The van der Waals surface area contributed by atoms with Gasteiger partial charge in [0.15, 0.2) is 5.82 Å². The van der Waals surface area contributed by atoms with Crippen LogP contribution in [-0.4, -0.2) is 37.3 Å². The summed E-state index contributed by atoms with van der Waals surface area (Å²) in [4.78, 5) is 32.9. The molecule has 1 aromatic carbocycles. The van der Waals surface area contributed by atoms with Gasteiger partial charge in [-0.15, -0.1) is 0 Å². The number of benzene rings is 1. The number of para-hydroxylation sites is 1. The number of amides is 1. The van der Waals surface area contributed by atoms with Crippen LogP contribution < -0.4 is 5.32 Å². The Morgan fingerprint density at radius 3 is 2.56 bits per heavy atom. The number of anilines is 2. The van der Waals surface area contributed by atoms with Gasteiger partial charge in [-0.05, 0) is 49.2 Å². The van der Waals surface area contributed by atoms with Crippen LogP contribution in [0.4, 0.5) is 11.5 Å². The highest BCUT2D eigenvalue weighted by Gasteiger charge is 2.33. The van der Waals surface area contributed by atoms with Gasteiger partial charge in [0, 0.05) is 48.6 Å². The molecule has 3 aromatic heterocycles. The maximum atomic E-state index is 13.2. The Balaban J connectivity index is 1.53. The van der Waals surface area contributed by atoms with E-state index in [1.807, 2.05) is 53.4 Å². The fraction of sp³-hybridized carbons (Fsp3) is 0.160. The molecule has 0 bridgehead atoms. The van der Waals surface area contributed by atoms with Crippen molar-refractivity contribution < 1.29 is 4.79 Å². The Morgan fingerprint density at radius 2 is 1.78 bits per heavy atom. The topological polar surface area (TPSA) is 83.9 Å². The minimum atomic E-state index is -0.194. The van der Waals surface area contributed by atoms with Gasteiger partial charge in [-0.2, -0.15) is 0 Å². The van der Waals surface area contributed by atoms with Crippen molar-refractivity contribution in [3.05, 3.63) is 96.8 Å². The van der Waals surface area contributed by atoms with Gasteiger partial charge in [0.2, 0.25) is 0 Å². The number of carbonyl (C=O) groups excluding carboxylic acids is 1. The highest BCUT2D eigenvalue weighted by Crippen LogP contribution is 2.33. The summed E-state index contributed by atoms with van der Waals surface area (Å²) in [5.74, 6) is 1.28. The van der Waals surface area contributed by atoms with Crippen LogP contribution in [0.3, 0.4) is 0 Å². The predicted octanol–water partition coefficient (Wildman–Crippen LogP) is 4.65. The van der Waals surface area contributed by atoms with Gasteiger partial charge in [0.25, 0.3) is 5.91 Å². The standard InChI is InChI=1S/C25H22N6O/c32-25(19-6-4-12-27-17-19)31-15-5-9-22(31)24-29-21(18-10-13-26-14-11-18)16-23(30-24)28-20-7-2-1-3-8-20/h1-4,6-8,10-14,16-17,22H,5,9,15H2,(H,28,29,30)/t22-/m1/s1. The second-order valence-corrected chi connectivity index (χ2v) is 7.62. The lowest BCUT2D eigenvalue weighted by molar-refractivity contribution is 0.0729. The average molecular weight is 422 g/mol. The molecule has 1 aliphatic rings. The van der Waals surface area contributed by atoms with E-state index >= 15 is 0 Å². The van der Waals surface area contributed by atoms with Gasteiger partial charge in [-0.25, -0.2) is 9.97 Å². The Labute approximate surface area is 186 Å². The lowest BCUT2D eigenvalue weighted by Crippen LogP contribution is -2.31. The van der Waals surface area contributed by atoms with E-state index in [1.165, 1.54) is 0 Å². The second kappa shape index (κ2) is 8.93. The lowest BCUT2D eigenvalue weighted by atomic mass is 10.1. The lowest BCUT2D eigenvalue weighted by Gasteiger charge is -2.24. The summed E-state index contributed by atoms with van der Waals surface area (Å²) >= 11 is 0. The minimum absolute atomic E-state index is 0.0453. The molecule has 1 aliphatic heterocycles. The fourth-order valence-corrected chi connectivity index (χ4v) is 3.95. The maximum Gasteiger partial charge on any atom is 0.256 e. The smallest absolute Gasteiger partial charge is 0.256 e. The summed E-state index contributed by atoms with van der Waals surface area (Å²) < 4.78 is 0. The molecule has 1 fully saturated rings. The van der Waals surface area contributed by atoms with Crippen molar-refractivity contribution in [2.75, 3.05) is 11.9 Å². The van der Waals surface area contributed by atoms with Crippen molar-refractivity contribution in [1.29, 1.82) is 0 Å². The molecule has 158 valence electrons. The number of pyridine rings is 2. The molecule has 7 heteroatoms. The number of hydrogen-bond donors (Lipinski definition) is 1. The van der Waals surface area contributed by atoms with Crippen molar-refractivity contribution in [2.45, 2.75) is 18.9 Å². The third-order valence-electron chi connectivity index (χ3n) is 5.49. The van der Waals surface area contributed by atoms with Crippen LogP contribution in [0.15, 0.2) is 85.5 Å². The third kappa shape index (κ3) is 4.18. The number of likely N-dealkylation sites (tertiary alicyclic amines) is 1. The van der Waals surface area contributed by atoms with E-state index in [4.69, 9.17) is 9.97 Å². The molecule has 0 saturated carbocycles. The molecule has 1 saturated heterocycles. The SMILES string of the molecule is O=C(c1cccnc1)N1CCC[C@@H]1c1nc(Nc2ccccc2)cc(-c2ccncc2)n1. The van der Waals surface area contributed by atoms with Gasteiger partial charge in [0.1, 0.15) is 5.82 Å². The Morgan fingerprint density at radius 1 is 0.938 bits per heavy atom. The zero-order valence-corrected chi connectivity index (χ0v) is 17.4. The fourth-order valence-electron chi connectivity index (χ4n) is 3.95.